The van der Waals surface area contributed by atoms with Gasteiger partial charge in [-0.2, -0.15) is 18.2 Å². The minimum atomic E-state index is -4.30. The maximum Gasteiger partial charge on any atom is 0.411 e. The normalized spacial score (nSPS) is 13.9. The van der Waals surface area contributed by atoms with Crippen LogP contribution in [0.25, 0.3) is 0 Å². The molecule has 0 fully saturated rings. The van der Waals surface area contributed by atoms with Crippen molar-refractivity contribution in [2.45, 2.75) is 30.8 Å². The van der Waals surface area contributed by atoms with Crippen LogP contribution in [0.4, 0.5) is 13.2 Å². The van der Waals surface area contributed by atoms with Crippen LogP contribution >= 0.6 is 15.9 Å². The Morgan fingerprint density at radius 2 is 2.18 bits per heavy atom. The van der Waals surface area contributed by atoms with Crippen LogP contribution in [0.1, 0.15) is 29.9 Å². The number of alkyl halides is 4. The molecule has 0 saturated heterocycles. The summed E-state index contributed by atoms with van der Waals surface area (Å²) in [5.41, 5.74) is 0. The van der Waals surface area contributed by atoms with Crippen LogP contribution in [-0.2, 0) is 11.2 Å². The Labute approximate surface area is 105 Å². The molecule has 0 bridgehead atoms. The summed E-state index contributed by atoms with van der Waals surface area (Å²) in [6, 6.07) is 0. The molecule has 1 heterocycles. The molecule has 0 aromatic carbocycles. The predicted octanol–water partition coefficient (Wildman–Crippen LogP) is 3.04. The van der Waals surface area contributed by atoms with E-state index in [-0.39, 0.29) is 17.9 Å². The van der Waals surface area contributed by atoms with Crippen molar-refractivity contribution in [2.24, 2.45) is 0 Å². The summed E-state index contributed by atoms with van der Waals surface area (Å²) in [5, 5.41) is 3.64. The van der Waals surface area contributed by atoms with Crippen molar-refractivity contribution in [3.8, 4) is 0 Å². The fourth-order valence-electron chi connectivity index (χ4n) is 1.02. The molecule has 98 valence electrons. The molecular weight excluding hydrogens is 305 g/mol. The SMILES string of the molecule is CCC(Br)c1nc(CCOCC(F)(F)F)no1. The molecule has 1 atom stereocenters. The van der Waals surface area contributed by atoms with Gasteiger partial charge in [0.15, 0.2) is 5.82 Å². The second-order valence-electron chi connectivity index (χ2n) is 3.34. The molecule has 8 heteroatoms. The van der Waals surface area contributed by atoms with E-state index in [1.807, 2.05) is 6.92 Å². The number of halogens is 4. The van der Waals surface area contributed by atoms with Gasteiger partial charge in [-0.15, -0.1) is 0 Å². The molecule has 17 heavy (non-hydrogen) atoms. The number of hydrogen-bond acceptors (Lipinski definition) is 4. The van der Waals surface area contributed by atoms with Crippen molar-refractivity contribution in [1.82, 2.24) is 10.1 Å². The van der Waals surface area contributed by atoms with Crippen LogP contribution in [0, 0.1) is 0 Å². The summed E-state index contributed by atoms with van der Waals surface area (Å²) < 4.78 is 44.6. The van der Waals surface area contributed by atoms with Crippen molar-refractivity contribution in [3.05, 3.63) is 11.7 Å². The predicted molar refractivity (Wildman–Crippen MR) is 56.8 cm³/mol. The molecule has 0 aliphatic rings. The molecule has 1 rings (SSSR count). The Hall–Kier alpha value is -0.630. The molecular formula is C9H12BrF3N2O2. The zero-order valence-electron chi connectivity index (χ0n) is 9.13. The van der Waals surface area contributed by atoms with Crippen molar-refractivity contribution in [3.63, 3.8) is 0 Å². The van der Waals surface area contributed by atoms with Crippen molar-refractivity contribution >= 4 is 15.9 Å². The molecule has 0 saturated carbocycles. The Kier molecular flexibility index (Phi) is 5.38. The largest absolute Gasteiger partial charge is 0.411 e. The third-order valence-electron chi connectivity index (χ3n) is 1.85. The zero-order chi connectivity index (χ0) is 12.9. The lowest BCUT2D eigenvalue weighted by atomic mass is 10.3. The van der Waals surface area contributed by atoms with Gasteiger partial charge in [0.25, 0.3) is 0 Å². The monoisotopic (exact) mass is 316 g/mol. The van der Waals surface area contributed by atoms with Gasteiger partial charge in [-0.1, -0.05) is 28.0 Å². The number of rotatable bonds is 6. The highest BCUT2D eigenvalue weighted by atomic mass is 79.9. The molecule has 0 N–H and O–H groups in total. The first-order valence-corrected chi connectivity index (χ1v) is 5.95. The van der Waals surface area contributed by atoms with E-state index in [0.29, 0.717) is 11.7 Å². The Balaban J connectivity index is 2.30. The summed E-state index contributed by atoms with van der Waals surface area (Å²) in [7, 11) is 0. The number of aromatic nitrogens is 2. The van der Waals surface area contributed by atoms with E-state index < -0.39 is 12.8 Å². The Morgan fingerprint density at radius 3 is 2.76 bits per heavy atom. The van der Waals surface area contributed by atoms with Crippen LogP contribution < -0.4 is 0 Å². The molecule has 0 radical (unpaired) electrons. The molecule has 0 aliphatic carbocycles. The molecule has 1 unspecified atom stereocenters. The van der Waals surface area contributed by atoms with E-state index in [1.165, 1.54) is 0 Å². The van der Waals surface area contributed by atoms with Crippen LogP contribution in [0.2, 0.25) is 0 Å². The molecule has 0 spiro atoms. The fraction of sp³-hybridized carbons (Fsp3) is 0.778. The van der Waals surface area contributed by atoms with Gasteiger partial charge in [0.1, 0.15) is 6.61 Å². The first-order chi connectivity index (χ1) is 7.92. The molecule has 1 aromatic heterocycles. The highest BCUT2D eigenvalue weighted by molar-refractivity contribution is 9.09. The van der Waals surface area contributed by atoms with Crippen molar-refractivity contribution in [2.75, 3.05) is 13.2 Å². The fourth-order valence-corrected chi connectivity index (χ4v) is 1.21. The van der Waals surface area contributed by atoms with Gasteiger partial charge in [0, 0.05) is 6.42 Å². The van der Waals surface area contributed by atoms with E-state index in [1.54, 1.807) is 0 Å². The van der Waals surface area contributed by atoms with Gasteiger partial charge in [-0.3, -0.25) is 0 Å². The first-order valence-electron chi connectivity index (χ1n) is 5.03. The number of nitrogens with zero attached hydrogens (tertiary/aromatic N) is 2. The first kappa shape index (κ1) is 14.4. The second kappa shape index (κ2) is 6.34. The third kappa shape index (κ3) is 5.49. The summed E-state index contributed by atoms with van der Waals surface area (Å²) in [4.78, 5) is 4.00. The number of ether oxygens (including phenoxy) is 1. The van der Waals surface area contributed by atoms with E-state index in [2.05, 4.69) is 30.8 Å². The van der Waals surface area contributed by atoms with Crippen molar-refractivity contribution in [1.29, 1.82) is 0 Å². The van der Waals surface area contributed by atoms with Gasteiger partial charge in [-0.25, -0.2) is 0 Å². The zero-order valence-corrected chi connectivity index (χ0v) is 10.7. The highest BCUT2D eigenvalue weighted by Gasteiger charge is 2.27. The van der Waals surface area contributed by atoms with Gasteiger partial charge in [0.05, 0.1) is 11.4 Å². The lowest BCUT2D eigenvalue weighted by Gasteiger charge is -2.05. The summed E-state index contributed by atoms with van der Waals surface area (Å²) in [6.45, 7) is 0.598. The Bertz CT molecular complexity index is 343. The van der Waals surface area contributed by atoms with Crippen LogP contribution in [0.5, 0.6) is 0 Å². The minimum Gasteiger partial charge on any atom is -0.372 e. The lowest BCUT2D eigenvalue weighted by Crippen LogP contribution is -2.18. The van der Waals surface area contributed by atoms with E-state index in [9.17, 15) is 13.2 Å². The topological polar surface area (TPSA) is 48.2 Å². The van der Waals surface area contributed by atoms with Gasteiger partial charge < -0.3 is 9.26 Å². The standard InChI is InChI=1S/C9H12BrF3N2O2/c1-2-6(10)8-14-7(15-17-8)3-4-16-5-9(11,12)13/h6H,2-5H2,1H3. The summed E-state index contributed by atoms with van der Waals surface area (Å²) >= 11 is 3.33. The molecule has 0 aliphatic heterocycles. The maximum absolute atomic E-state index is 11.8. The summed E-state index contributed by atoms with van der Waals surface area (Å²) in [5.74, 6) is 0.776. The quantitative estimate of drug-likeness (QED) is 0.598. The van der Waals surface area contributed by atoms with E-state index >= 15 is 0 Å². The Morgan fingerprint density at radius 1 is 1.47 bits per heavy atom. The van der Waals surface area contributed by atoms with Gasteiger partial charge >= 0.3 is 6.18 Å². The summed E-state index contributed by atoms with van der Waals surface area (Å²) in [6.07, 6.45) is -3.32. The van der Waals surface area contributed by atoms with Crippen LogP contribution in [0.15, 0.2) is 4.52 Å². The maximum atomic E-state index is 11.8. The van der Waals surface area contributed by atoms with Crippen LogP contribution in [-0.4, -0.2) is 29.5 Å². The van der Waals surface area contributed by atoms with Crippen molar-refractivity contribution < 1.29 is 22.4 Å². The average molecular weight is 317 g/mol. The minimum absolute atomic E-state index is 0.0279. The molecule has 4 nitrogen and oxygen atoms in total. The molecule has 1 aromatic rings. The average Bonchev–Trinajstić information content (AvgIpc) is 2.70. The van der Waals surface area contributed by atoms with Gasteiger partial charge in [0.2, 0.25) is 5.89 Å². The van der Waals surface area contributed by atoms with E-state index in [4.69, 9.17) is 4.52 Å². The molecule has 0 amide bonds. The van der Waals surface area contributed by atoms with Gasteiger partial charge in [-0.05, 0) is 6.42 Å². The lowest BCUT2D eigenvalue weighted by molar-refractivity contribution is -0.173. The van der Waals surface area contributed by atoms with E-state index in [0.717, 1.165) is 6.42 Å². The highest BCUT2D eigenvalue weighted by Crippen LogP contribution is 2.23. The number of hydrogen-bond donors (Lipinski definition) is 0. The second-order valence-corrected chi connectivity index (χ2v) is 4.45. The third-order valence-corrected chi connectivity index (χ3v) is 2.89. The smallest absolute Gasteiger partial charge is 0.372 e. The van der Waals surface area contributed by atoms with Crippen LogP contribution in [0.3, 0.4) is 0 Å².